The zero-order valence-corrected chi connectivity index (χ0v) is 6.34. The predicted octanol–water partition coefficient (Wildman–Crippen LogP) is 0.766. The molecule has 13 heavy (non-hydrogen) atoms. The number of nitriles is 1. The SMILES string of the molecule is N#Cc1[nH]c(=O)cc(N)c1C(F)F. The minimum absolute atomic E-state index is 0.365. The lowest BCUT2D eigenvalue weighted by atomic mass is 10.2. The average molecular weight is 185 g/mol. The Labute approximate surface area is 71.6 Å². The van der Waals surface area contributed by atoms with E-state index < -0.39 is 23.2 Å². The van der Waals surface area contributed by atoms with Crippen molar-refractivity contribution in [1.29, 1.82) is 5.26 Å². The average Bonchev–Trinajstić information content (AvgIpc) is 2.01. The van der Waals surface area contributed by atoms with E-state index in [2.05, 4.69) is 0 Å². The summed E-state index contributed by atoms with van der Waals surface area (Å²) in [6, 6.07) is 2.26. The van der Waals surface area contributed by atoms with Crippen molar-refractivity contribution in [1.82, 2.24) is 4.98 Å². The number of alkyl halides is 2. The van der Waals surface area contributed by atoms with Crippen LogP contribution >= 0.6 is 0 Å². The van der Waals surface area contributed by atoms with Gasteiger partial charge in [0.05, 0.1) is 5.56 Å². The van der Waals surface area contributed by atoms with Crippen LogP contribution in [0.3, 0.4) is 0 Å². The number of halogens is 2. The first-order valence-corrected chi connectivity index (χ1v) is 3.27. The summed E-state index contributed by atoms with van der Waals surface area (Å²) in [5.74, 6) is 0. The van der Waals surface area contributed by atoms with E-state index in [1.165, 1.54) is 6.07 Å². The number of nitrogen functional groups attached to an aromatic ring is 1. The molecule has 0 atom stereocenters. The van der Waals surface area contributed by atoms with Gasteiger partial charge in [0.2, 0.25) is 0 Å². The Balaban J connectivity index is 3.50. The molecular formula is C7H5F2N3O. The summed E-state index contributed by atoms with van der Waals surface area (Å²) in [5.41, 5.74) is 3.00. The number of nitrogens with zero attached hydrogens (tertiary/aromatic N) is 1. The number of nitrogens with two attached hydrogens (primary N) is 1. The highest BCUT2D eigenvalue weighted by Crippen LogP contribution is 2.25. The molecule has 0 unspecified atom stereocenters. The topological polar surface area (TPSA) is 82.7 Å². The normalized spacial score (nSPS) is 10.0. The van der Waals surface area contributed by atoms with Crippen molar-refractivity contribution in [3.8, 4) is 6.07 Å². The van der Waals surface area contributed by atoms with Gasteiger partial charge in [-0.15, -0.1) is 0 Å². The zero-order valence-electron chi connectivity index (χ0n) is 6.34. The number of nitrogens with one attached hydrogen (secondary N) is 1. The van der Waals surface area contributed by atoms with E-state index in [0.29, 0.717) is 0 Å². The van der Waals surface area contributed by atoms with Crippen LogP contribution in [0.5, 0.6) is 0 Å². The molecule has 0 saturated heterocycles. The highest BCUT2D eigenvalue weighted by Gasteiger charge is 2.17. The molecule has 1 aromatic heterocycles. The molecule has 0 saturated carbocycles. The Morgan fingerprint density at radius 1 is 1.62 bits per heavy atom. The van der Waals surface area contributed by atoms with Crippen LogP contribution in [0.2, 0.25) is 0 Å². The van der Waals surface area contributed by atoms with Gasteiger partial charge in [-0.25, -0.2) is 8.78 Å². The summed E-state index contributed by atoms with van der Waals surface area (Å²) >= 11 is 0. The molecule has 0 aromatic carbocycles. The molecule has 0 radical (unpaired) electrons. The summed E-state index contributed by atoms with van der Waals surface area (Å²) in [6.45, 7) is 0. The minimum atomic E-state index is -2.87. The van der Waals surface area contributed by atoms with Crippen LogP contribution < -0.4 is 11.3 Å². The number of hydrogen-bond acceptors (Lipinski definition) is 3. The van der Waals surface area contributed by atoms with Gasteiger partial charge >= 0.3 is 0 Å². The molecule has 6 heteroatoms. The second kappa shape index (κ2) is 3.23. The third-order valence-electron chi connectivity index (χ3n) is 1.45. The van der Waals surface area contributed by atoms with Gasteiger partial charge in [-0.2, -0.15) is 5.26 Å². The van der Waals surface area contributed by atoms with Gasteiger partial charge in [0, 0.05) is 11.8 Å². The number of aromatic nitrogens is 1. The van der Waals surface area contributed by atoms with Gasteiger partial charge in [-0.1, -0.05) is 0 Å². The van der Waals surface area contributed by atoms with E-state index in [-0.39, 0.29) is 5.69 Å². The van der Waals surface area contributed by atoms with Gasteiger partial charge in [0.1, 0.15) is 11.8 Å². The first-order chi connectivity index (χ1) is 6.06. The van der Waals surface area contributed by atoms with Crippen molar-refractivity contribution < 1.29 is 8.78 Å². The second-order valence-electron chi connectivity index (χ2n) is 2.29. The fraction of sp³-hybridized carbons (Fsp3) is 0.143. The van der Waals surface area contributed by atoms with Gasteiger partial charge in [-0.3, -0.25) is 4.79 Å². The predicted molar refractivity (Wildman–Crippen MR) is 41.1 cm³/mol. The number of pyridine rings is 1. The number of H-pyrrole nitrogens is 1. The summed E-state index contributed by atoms with van der Waals surface area (Å²) in [4.78, 5) is 12.7. The lowest BCUT2D eigenvalue weighted by Crippen LogP contribution is -2.12. The molecule has 0 amide bonds. The summed E-state index contributed by atoms with van der Waals surface area (Å²) in [6.07, 6.45) is -2.87. The van der Waals surface area contributed by atoms with Crippen molar-refractivity contribution in [2.45, 2.75) is 6.43 Å². The monoisotopic (exact) mass is 185 g/mol. The first-order valence-electron chi connectivity index (χ1n) is 3.27. The standard InChI is InChI=1S/C7H5F2N3O/c8-7(9)6-3(11)1-5(13)12-4(6)2-10/h1,7H,(H3,11,12,13). The van der Waals surface area contributed by atoms with Crippen LogP contribution in [0.4, 0.5) is 14.5 Å². The molecular weight excluding hydrogens is 180 g/mol. The van der Waals surface area contributed by atoms with Crippen LogP contribution in [-0.4, -0.2) is 4.98 Å². The molecule has 0 aliphatic carbocycles. The maximum absolute atomic E-state index is 12.3. The molecule has 1 heterocycles. The number of hydrogen-bond donors (Lipinski definition) is 2. The van der Waals surface area contributed by atoms with E-state index in [1.54, 1.807) is 0 Å². The van der Waals surface area contributed by atoms with Gasteiger partial charge in [-0.05, 0) is 0 Å². The van der Waals surface area contributed by atoms with Crippen molar-refractivity contribution >= 4 is 5.69 Å². The Morgan fingerprint density at radius 3 is 2.69 bits per heavy atom. The van der Waals surface area contributed by atoms with Crippen molar-refractivity contribution in [2.75, 3.05) is 5.73 Å². The van der Waals surface area contributed by atoms with E-state index >= 15 is 0 Å². The van der Waals surface area contributed by atoms with E-state index in [9.17, 15) is 13.6 Å². The van der Waals surface area contributed by atoms with Crippen LogP contribution in [-0.2, 0) is 0 Å². The lowest BCUT2D eigenvalue weighted by molar-refractivity contribution is 0.151. The molecule has 0 bridgehead atoms. The quantitative estimate of drug-likeness (QED) is 0.677. The number of rotatable bonds is 1. The van der Waals surface area contributed by atoms with E-state index in [1.807, 2.05) is 4.98 Å². The van der Waals surface area contributed by atoms with Crippen LogP contribution in [0, 0.1) is 11.3 Å². The van der Waals surface area contributed by atoms with Gasteiger partial charge in [0.15, 0.2) is 0 Å². The van der Waals surface area contributed by atoms with Gasteiger partial charge in [0.25, 0.3) is 12.0 Å². The highest BCUT2D eigenvalue weighted by atomic mass is 19.3. The minimum Gasteiger partial charge on any atom is -0.398 e. The molecule has 1 rings (SSSR count). The molecule has 0 fully saturated rings. The molecule has 68 valence electrons. The summed E-state index contributed by atoms with van der Waals surface area (Å²) < 4.78 is 24.5. The third-order valence-corrected chi connectivity index (χ3v) is 1.45. The van der Waals surface area contributed by atoms with Gasteiger partial charge < -0.3 is 10.7 Å². The first kappa shape index (κ1) is 9.19. The van der Waals surface area contributed by atoms with E-state index in [4.69, 9.17) is 11.0 Å². The molecule has 0 aliphatic heterocycles. The molecule has 1 aromatic rings. The fourth-order valence-electron chi connectivity index (χ4n) is 0.913. The molecule has 3 N–H and O–H groups in total. The van der Waals surface area contributed by atoms with Crippen molar-refractivity contribution in [2.24, 2.45) is 0 Å². The van der Waals surface area contributed by atoms with E-state index in [0.717, 1.165) is 6.07 Å². The Hall–Kier alpha value is -1.90. The Morgan fingerprint density at radius 2 is 2.23 bits per heavy atom. The van der Waals surface area contributed by atoms with Crippen molar-refractivity contribution in [3.63, 3.8) is 0 Å². The largest absolute Gasteiger partial charge is 0.398 e. The summed E-state index contributed by atoms with van der Waals surface area (Å²) in [7, 11) is 0. The Bertz CT molecular complexity index is 419. The third kappa shape index (κ3) is 1.64. The maximum Gasteiger partial charge on any atom is 0.268 e. The fourth-order valence-corrected chi connectivity index (χ4v) is 0.913. The highest BCUT2D eigenvalue weighted by molar-refractivity contribution is 5.52. The Kier molecular flexibility index (Phi) is 2.28. The molecule has 0 spiro atoms. The van der Waals surface area contributed by atoms with Crippen LogP contribution in [0.1, 0.15) is 17.7 Å². The summed E-state index contributed by atoms with van der Waals surface area (Å²) in [5, 5.41) is 8.41. The number of aromatic amines is 1. The maximum atomic E-state index is 12.3. The lowest BCUT2D eigenvalue weighted by Gasteiger charge is -2.04. The van der Waals surface area contributed by atoms with Crippen LogP contribution in [0.25, 0.3) is 0 Å². The molecule has 4 nitrogen and oxygen atoms in total. The smallest absolute Gasteiger partial charge is 0.268 e. The second-order valence-corrected chi connectivity index (χ2v) is 2.29. The molecule has 0 aliphatic rings. The number of anilines is 1. The van der Waals surface area contributed by atoms with Crippen molar-refractivity contribution in [3.05, 3.63) is 27.7 Å². The zero-order chi connectivity index (χ0) is 10.0. The van der Waals surface area contributed by atoms with Crippen LogP contribution in [0.15, 0.2) is 10.9 Å².